The third kappa shape index (κ3) is 2.58. The Morgan fingerprint density at radius 1 is 1.23 bits per heavy atom. The van der Waals surface area contributed by atoms with Gasteiger partial charge in [0, 0.05) is 11.1 Å². The Bertz CT molecular complexity index is 1040. The number of hydrogen-bond acceptors (Lipinski definition) is 3. The molecule has 3 aromatic rings. The fourth-order valence-electron chi connectivity index (χ4n) is 3.47. The van der Waals surface area contributed by atoms with Crippen LogP contribution in [0.5, 0.6) is 0 Å². The van der Waals surface area contributed by atoms with Crippen molar-refractivity contribution < 1.29 is 4.79 Å². The minimum atomic E-state index is -0.229. The zero-order valence-electron chi connectivity index (χ0n) is 14.8. The van der Waals surface area contributed by atoms with Gasteiger partial charge in [0.25, 0.3) is 5.91 Å². The van der Waals surface area contributed by atoms with Crippen LogP contribution in [0.2, 0.25) is 5.02 Å². The van der Waals surface area contributed by atoms with Crippen LogP contribution < -0.4 is 0 Å². The van der Waals surface area contributed by atoms with E-state index < -0.39 is 0 Å². The molecule has 2 aromatic heterocycles. The maximum absolute atomic E-state index is 13.1. The van der Waals surface area contributed by atoms with Crippen molar-refractivity contribution in [3.05, 3.63) is 63.1 Å². The van der Waals surface area contributed by atoms with E-state index in [-0.39, 0.29) is 11.3 Å². The monoisotopic (exact) mass is 388 g/mol. The van der Waals surface area contributed by atoms with E-state index in [0.29, 0.717) is 23.7 Å². The Balaban J connectivity index is 1.71. The zero-order valence-corrected chi connectivity index (χ0v) is 16.3. The molecule has 26 heavy (non-hydrogen) atoms. The van der Waals surface area contributed by atoms with Crippen molar-refractivity contribution in [1.82, 2.24) is 19.5 Å². The molecule has 3 heterocycles. The van der Waals surface area contributed by atoms with E-state index in [1.807, 2.05) is 45.0 Å². The molecule has 0 saturated carbocycles. The largest absolute Gasteiger partial charge is 0.328 e. The number of carbonyl (C=O) groups is 1. The summed E-state index contributed by atoms with van der Waals surface area (Å²) in [7, 11) is 0. The third-order valence-electron chi connectivity index (χ3n) is 4.86. The first-order valence-corrected chi connectivity index (χ1v) is 9.25. The van der Waals surface area contributed by atoms with Crippen molar-refractivity contribution in [2.75, 3.05) is 0 Å². The van der Waals surface area contributed by atoms with Gasteiger partial charge in [-0.15, -0.1) is 11.6 Å². The number of aryl methyl sites for hydroxylation is 2. The summed E-state index contributed by atoms with van der Waals surface area (Å²) in [5.41, 5.74) is 5.74. The van der Waals surface area contributed by atoms with Crippen molar-refractivity contribution in [1.29, 1.82) is 0 Å². The predicted molar refractivity (Wildman–Crippen MR) is 102 cm³/mol. The molecule has 0 saturated heterocycles. The average Bonchev–Trinajstić information content (AvgIpc) is 3.18. The Labute approximate surface area is 161 Å². The van der Waals surface area contributed by atoms with Gasteiger partial charge >= 0.3 is 0 Å². The molecule has 1 amide bonds. The van der Waals surface area contributed by atoms with Crippen molar-refractivity contribution in [2.24, 2.45) is 0 Å². The Kier molecular flexibility index (Phi) is 4.16. The van der Waals surface area contributed by atoms with Crippen LogP contribution in [0.1, 0.15) is 50.9 Å². The quantitative estimate of drug-likeness (QED) is 0.609. The van der Waals surface area contributed by atoms with E-state index in [9.17, 15) is 4.79 Å². The SMILES string of the molecule is Cc1nc2c3c(nn2c(C)c1Cl)CN(C(=O)c1ccccc1C(C)Cl)C3. The first-order chi connectivity index (χ1) is 12.4. The molecule has 0 spiro atoms. The smallest absolute Gasteiger partial charge is 0.254 e. The highest BCUT2D eigenvalue weighted by molar-refractivity contribution is 6.31. The molecule has 1 aliphatic rings. The molecule has 134 valence electrons. The third-order valence-corrected chi connectivity index (χ3v) is 5.64. The summed E-state index contributed by atoms with van der Waals surface area (Å²) in [6.45, 7) is 6.62. The molecule has 0 radical (unpaired) electrons. The fraction of sp³-hybridized carbons (Fsp3) is 0.316. The van der Waals surface area contributed by atoms with Gasteiger partial charge in [-0.1, -0.05) is 29.8 Å². The summed E-state index contributed by atoms with van der Waals surface area (Å²) in [6.07, 6.45) is 0. The second kappa shape index (κ2) is 6.25. The molecule has 1 aromatic carbocycles. The fourth-order valence-corrected chi connectivity index (χ4v) is 3.78. The Morgan fingerprint density at radius 2 is 1.96 bits per heavy atom. The van der Waals surface area contributed by atoms with Gasteiger partial charge in [0.2, 0.25) is 0 Å². The highest BCUT2D eigenvalue weighted by atomic mass is 35.5. The number of rotatable bonds is 2. The predicted octanol–water partition coefficient (Wildman–Crippen LogP) is 4.46. The lowest BCUT2D eigenvalue weighted by molar-refractivity contribution is 0.0748. The van der Waals surface area contributed by atoms with E-state index in [1.165, 1.54) is 0 Å². The lowest BCUT2D eigenvalue weighted by atomic mass is 10.0. The minimum absolute atomic E-state index is 0.0355. The normalized spacial score (nSPS) is 14.7. The van der Waals surface area contributed by atoms with Crippen molar-refractivity contribution in [2.45, 2.75) is 39.2 Å². The van der Waals surface area contributed by atoms with Gasteiger partial charge in [0.05, 0.1) is 40.6 Å². The van der Waals surface area contributed by atoms with Crippen LogP contribution in [0.25, 0.3) is 5.65 Å². The molecule has 1 aliphatic heterocycles. The molecule has 1 unspecified atom stereocenters. The van der Waals surface area contributed by atoms with Crippen molar-refractivity contribution in [3.8, 4) is 0 Å². The van der Waals surface area contributed by atoms with E-state index in [0.717, 1.165) is 33.9 Å². The number of aromatic nitrogens is 3. The number of halogens is 2. The molecule has 5 nitrogen and oxygen atoms in total. The highest BCUT2D eigenvalue weighted by Crippen LogP contribution is 2.31. The zero-order chi connectivity index (χ0) is 18.6. The molecule has 0 N–H and O–H groups in total. The van der Waals surface area contributed by atoms with Gasteiger partial charge in [-0.2, -0.15) is 5.10 Å². The second-order valence-electron chi connectivity index (χ2n) is 6.62. The van der Waals surface area contributed by atoms with Crippen molar-refractivity contribution >= 4 is 34.8 Å². The van der Waals surface area contributed by atoms with E-state index >= 15 is 0 Å². The number of nitrogens with zero attached hydrogens (tertiary/aromatic N) is 4. The number of carbonyl (C=O) groups excluding carboxylic acids is 1. The maximum Gasteiger partial charge on any atom is 0.254 e. The lowest BCUT2D eigenvalue weighted by Gasteiger charge is -2.19. The summed E-state index contributed by atoms with van der Waals surface area (Å²) < 4.78 is 1.77. The number of benzene rings is 1. The van der Waals surface area contributed by atoms with Crippen LogP contribution in [0.4, 0.5) is 0 Å². The van der Waals surface area contributed by atoms with Gasteiger partial charge in [0.15, 0.2) is 5.65 Å². The molecule has 0 aliphatic carbocycles. The van der Waals surface area contributed by atoms with Crippen LogP contribution in [-0.2, 0) is 13.1 Å². The van der Waals surface area contributed by atoms with Crippen molar-refractivity contribution in [3.63, 3.8) is 0 Å². The van der Waals surface area contributed by atoms with Gasteiger partial charge in [-0.25, -0.2) is 9.50 Å². The highest BCUT2D eigenvalue weighted by Gasteiger charge is 2.31. The Hall–Kier alpha value is -2.11. The summed E-state index contributed by atoms with van der Waals surface area (Å²) in [5, 5.41) is 5.02. The first kappa shape index (κ1) is 17.3. The maximum atomic E-state index is 13.1. The van der Waals surface area contributed by atoms with Gasteiger partial charge in [-0.3, -0.25) is 4.79 Å². The summed E-state index contributed by atoms with van der Waals surface area (Å²) in [4.78, 5) is 19.4. The minimum Gasteiger partial charge on any atom is -0.328 e. The number of alkyl halides is 1. The molecular formula is C19H18Cl2N4O. The molecule has 7 heteroatoms. The number of hydrogen-bond donors (Lipinski definition) is 0. The van der Waals surface area contributed by atoms with Crippen LogP contribution >= 0.6 is 23.2 Å². The lowest BCUT2D eigenvalue weighted by Crippen LogP contribution is -2.27. The number of fused-ring (bicyclic) bond motifs is 3. The standard InChI is InChI=1S/C19H18Cl2N4O/c1-10(20)13-6-4-5-7-14(13)19(26)24-8-15-16(9-24)23-25-12(3)17(21)11(2)22-18(15)25/h4-7,10H,8-9H2,1-3H3. The van der Waals surface area contributed by atoms with E-state index in [4.69, 9.17) is 23.2 Å². The first-order valence-electron chi connectivity index (χ1n) is 8.44. The van der Waals surface area contributed by atoms with Gasteiger partial charge in [-0.05, 0) is 32.4 Å². The van der Waals surface area contributed by atoms with Gasteiger partial charge < -0.3 is 4.90 Å². The number of amides is 1. The average molecular weight is 389 g/mol. The van der Waals surface area contributed by atoms with Gasteiger partial charge in [0.1, 0.15) is 0 Å². The second-order valence-corrected chi connectivity index (χ2v) is 7.65. The molecule has 0 fully saturated rings. The van der Waals surface area contributed by atoms with E-state index in [1.54, 1.807) is 9.42 Å². The topological polar surface area (TPSA) is 50.5 Å². The van der Waals surface area contributed by atoms with Crippen LogP contribution in [0, 0.1) is 13.8 Å². The van der Waals surface area contributed by atoms with Crippen LogP contribution in [0.3, 0.4) is 0 Å². The molecular weight excluding hydrogens is 371 g/mol. The van der Waals surface area contributed by atoms with Crippen LogP contribution in [-0.4, -0.2) is 25.4 Å². The molecule has 0 bridgehead atoms. The Morgan fingerprint density at radius 3 is 2.69 bits per heavy atom. The molecule has 1 atom stereocenters. The summed E-state index contributed by atoms with van der Waals surface area (Å²) in [5.74, 6) is -0.0355. The van der Waals surface area contributed by atoms with E-state index in [2.05, 4.69) is 10.1 Å². The summed E-state index contributed by atoms with van der Waals surface area (Å²) >= 11 is 12.5. The summed E-state index contributed by atoms with van der Waals surface area (Å²) in [6, 6.07) is 7.48. The molecule has 4 rings (SSSR count). The van der Waals surface area contributed by atoms with Crippen LogP contribution in [0.15, 0.2) is 24.3 Å².